The number of benzene rings is 3. The van der Waals surface area contributed by atoms with Crippen molar-refractivity contribution >= 4 is 29.4 Å². The highest BCUT2D eigenvalue weighted by atomic mass is 16.6. The van der Waals surface area contributed by atoms with Crippen molar-refractivity contribution < 1.29 is 33.8 Å². The molecule has 3 aliphatic heterocycles. The molecule has 10 heteroatoms. The van der Waals surface area contributed by atoms with Crippen LogP contribution in [0.15, 0.2) is 104 Å². The number of allylic oxidation sites excluding steroid dienone is 1. The first kappa shape index (κ1) is 37.7. The van der Waals surface area contributed by atoms with E-state index in [2.05, 4.69) is 18.5 Å². The number of aryl methyl sites for hydroxylation is 2. The van der Waals surface area contributed by atoms with Gasteiger partial charge in [-0.1, -0.05) is 84.9 Å². The highest BCUT2D eigenvalue weighted by Crippen LogP contribution is 2.59. The minimum absolute atomic E-state index is 0.0387. The number of ether oxygens (including phenoxy) is 2. The summed E-state index contributed by atoms with van der Waals surface area (Å²) in [6, 6.07) is 22.6. The van der Waals surface area contributed by atoms with Crippen LogP contribution in [0, 0.1) is 25.7 Å². The summed E-state index contributed by atoms with van der Waals surface area (Å²) in [6.45, 7) is 11.3. The number of hydrogen-bond donors (Lipinski definition) is 2. The van der Waals surface area contributed by atoms with Crippen LogP contribution < -0.4 is 10.2 Å². The zero-order valence-corrected chi connectivity index (χ0v) is 30.5. The number of likely N-dealkylation sites (tertiary alicyclic amines) is 1. The molecule has 10 nitrogen and oxygen atoms in total. The summed E-state index contributed by atoms with van der Waals surface area (Å²) in [5, 5.41) is 13.8. The summed E-state index contributed by atoms with van der Waals surface area (Å²) in [4.78, 5) is 60.2. The average molecular weight is 720 g/mol. The first-order valence-electron chi connectivity index (χ1n) is 18.4. The van der Waals surface area contributed by atoms with Gasteiger partial charge in [-0.15, -0.1) is 13.2 Å². The minimum Gasteiger partial charge on any atom is -0.455 e. The third-order valence-corrected chi connectivity index (χ3v) is 10.9. The van der Waals surface area contributed by atoms with Crippen LogP contribution in [0.1, 0.15) is 54.0 Å². The van der Waals surface area contributed by atoms with Crippen LogP contribution in [0.5, 0.6) is 0 Å². The van der Waals surface area contributed by atoms with E-state index in [9.17, 15) is 19.5 Å². The fourth-order valence-corrected chi connectivity index (χ4v) is 8.40. The highest BCUT2D eigenvalue weighted by Gasteiger charge is 2.75. The van der Waals surface area contributed by atoms with Gasteiger partial charge in [-0.3, -0.25) is 19.2 Å². The summed E-state index contributed by atoms with van der Waals surface area (Å²) in [5.41, 5.74) is 2.78. The molecular weight excluding hydrogens is 670 g/mol. The maximum absolute atomic E-state index is 15.2. The van der Waals surface area contributed by atoms with E-state index in [1.165, 1.54) is 4.90 Å². The number of hydrogen-bond acceptors (Lipinski definition) is 7. The largest absolute Gasteiger partial charge is 0.455 e. The van der Waals surface area contributed by atoms with Crippen molar-refractivity contribution in [3.05, 3.63) is 126 Å². The van der Waals surface area contributed by atoms with Crippen molar-refractivity contribution in [2.75, 3.05) is 24.6 Å². The lowest BCUT2D eigenvalue weighted by atomic mass is 9.70. The highest BCUT2D eigenvalue weighted by molar-refractivity contribution is 6.05. The van der Waals surface area contributed by atoms with Crippen LogP contribution in [0.2, 0.25) is 0 Å². The van der Waals surface area contributed by atoms with E-state index < -0.39 is 60.2 Å². The molecule has 3 aromatic carbocycles. The number of esters is 1. The Morgan fingerprint density at radius 2 is 1.77 bits per heavy atom. The topological polar surface area (TPSA) is 125 Å². The number of rotatable bonds is 16. The predicted octanol–water partition coefficient (Wildman–Crippen LogP) is 5.17. The van der Waals surface area contributed by atoms with E-state index in [4.69, 9.17) is 9.47 Å². The number of amides is 3. The standard InChI is InChI=1S/C43H49N3O7/c1-5-7-18-36(48)44-26-35(31-16-12-9-13-17-31)52-42(51)37-34-21-22-43(53-34)38(37)40(49)46(32(27-47)25-30-14-10-8-11-15-30)39(43)41(50)45(23-6-2)33-24-28(3)19-20-29(33)4/h5-6,8-17,19-20,24,32,34-35,37-39,47H,1-2,7,18,21-23,25-27H2,3-4H3,(H,44,48)/t32-,34+,35+,37-,38-,39+,43-/m1/s1. The van der Waals surface area contributed by atoms with Crippen LogP contribution in [0.4, 0.5) is 5.69 Å². The lowest BCUT2D eigenvalue weighted by Gasteiger charge is -2.39. The average Bonchev–Trinajstić information content (AvgIpc) is 3.82. The number of fused-ring (bicyclic) bond motifs is 1. The first-order chi connectivity index (χ1) is 25.6. The number of aliphatic hydroxyl groups excluding tert-OH is 1. The van der Waals surface area contributed by atoms with Gasteiger partial charge in [0, 0.05) is 18.7 Å². The fraction of sp³-hybridized carbons (Fsp3) is 0.395. The normalized spacial score (nSPS) is 23.9. The Bertz CT molecular complexity index is 1830. The molecule has 2 N–H and O–H groups in total. The molecule has 53 heavy (non-hydrogen) atoms. The van der Waals surface area contributed by atoms with Crippen molar-refractivity contribution in [1.29, 1.82) is 0 Å². The summed E-state index contributed by atoms with van der Waals surface area (Å²) < 4.78 is 12.9. The summed E-state index contributed by atoms with van der Waals surface area (Å²) in [5.74, 6) is -3.62. The summed E-state index contributed by atoms with van der Waals surface area (Å²) in [6.07, 6.45) is 3.72. The van der Waals surface area contributed by atoms with Gasteiger partial charge in [0.25, 0.3) is 5.91 Å². The van der Waals surface area contributed by atoms with Gasteiger partial charge >= 0.3 is 5.97 Å². The van der Waals surface area contributed by atoms with Crippen molar-refractivity contribution in [2.45, 2.75) is 75.8 Å². The molecule has 3 saturated heterocycles. The summed E-state index contributed by atoms with van der Waals surface area (Å²) >= 11 is 0. The molecule has 0 aromatic heterocycles. The van der Waals surface area contributed by atoms with E-state index in [1.54, 1.807) is 17.1 Å². The number of nitrogens with one attached hydrogen (secondary N) is 1. The Labute approximate surface area is 311 Å². The molecule has 3 amide bonds. The molecule has 3 heterocycles. The van der Waals surface area contributed by atoms with Crippen LogP contribution in [-0.4, -0.2) is 77.2 Å². The molecule has 2 bridgehead atoms. The van der Waals surface area contributed by atoms with Crippen LogP contribution >= 0.6 is 0 Å². The number of carbonyl (C=O) groups excluding carboxylic acids is 4. The van der Waals surface area contributed by atoms with E-state index in [0.717, 1.165) is 16.7 Å². The Hall–Kier alpha value is -5.06. The maximum Gasteiger partial charge on any atom is 0.313 e. The second-order valence-electron chi connectivity index (χ2n) is 14.3. The number of nitrogens with zero attached hydrogens (tertiary/aromatic N) is 2. The van der Waals surface area contributed by atoms with Gasteiger partial charge < -0.3 is 29.7 Å². The quantitative estimate of drug-likeness (QED) is 0.155. The molecule has 6 rings (SSSR count). The number of anilines is 1. The third-order valence-electron chi connectivity index (χ3n) is 10.9. The molecule has 3 fully saturated rings. The van der Waals surface area contributed by atoms with Gasteiger partial charge in [0.1, 0.15) is 17.7 Å². The number of carbonyl (C=O) groups is 4. The van der Waals surface area contributed by atoms with E-state index in [-0.39, 0.29) is 31.3 Å². The number of aliphatic hydroxyl groups is 1. The third kappa shape index (κ3) is 7.43. The Morgan fingerprint density at radius 1 is 1.06 bits per heavy atom. The summed E-state index contributed by atoms with van der Waals surface area (Å²) in [7, 11) is 0. The second kappa shape index (κ2) is 16.3. The van der Waals surface area contributed by atoms with Crippen molar-refractivity contribution in [3.63, 3.8) is 0 Å². The first-order valence-corrected chi connectivity index (χ1v) is 18.4. The van der Waals surface area contributed by atoms with Gasteiger partial charge in [-0.2, -0.15) is 0 Å². The van der Waals surface area contributed by atoms with Crippen LogP contribution in [0.25, 0.3) is 0 Å². The molecule has 3 aromatic rings. The van der Waals surface area contributed by atoms with E-state index >= 15 is 4.79 Å². The Balaban J connectivity index is 1.37. The molecule has 0 saturated carbocycles. The van der Waals surface area contributed by atoms with Crippen molar-refractivity contribution in [3.8, 4) is 0 Å². The molecule has 7 atom stereocenters. The van der Waals surface area contributed by atoms with Crippen molar-refractivity contribution in [2.24, 2.45) is 11.8 Å². The van der Waals surface area contributed by atoms with E-state index in [0.29, 0.717) is 36.9 Å². The molecule has 0 unspecified atom stereocenters. The zero-order valence-electron chi connectivity index (χ0n) is 30.5. The van der Waals surface area contributed by atoms with E-state index in [1.807, 2.05) is 92.7 Å². The van der Waals surface area contributed by atoms with Gasteiger partial charge in [0.05, 0.1) is 37.1 Å². The second-order valence-corrected chi connectivity index (χ2v) is 14.3. The van der Waals surface area contributed by atoms with Gasteiger partial charge in [0.15, 0.2) is 0 Å². The molecule has 0 aliphatic carbocycles. The molecule has 0 radical (unpaired) electrons. The monoisotopic (exact) mass is 719 g/mol. The smallest absolute Gasteiger partial charge is 0.313 e. The Morgan fingerprint density at radius 3 is 2.45 bits per heavy atom. The van der Waals surface area contributed by atoms with Crippen LogP contribution in [0.3, 0.4) is 0 Å². The van der Waals surface area contributed by atoms with Gasteiger partial charge in [-0.25, -0.2) is 0 Å². The Kier molecular flexibility index (Phi) is 11.6. The van der Waals surface area contributed by atoms with Crippen molar-refractivity contribution in [1.82, 2.24) is 10.2 Å². The molecular formula is C43H49N3O7. The molecule has 3 aliphatic rings. The van der Waals surface area contributed by atoms with Crippen LogP contribution in [-0.2, 0) is 35.1 Å². The zero-order chi connectivity index (χ0) is 37.7. The van der Waals surface area contributed by atoms with Gasteiger partial charge in [0.2, 0.25) is 11.8 Å². The fourth-order valence-electron chi connectivity index (χ4n) is 8.40. The predicted molar refractivity (Wildman–Crippen MR) is 202 cm³/mol. The molecule has 278 valence electrons. The minimum atomic E-state index is -1.33. The maximum atomic E-state index is 15.2. The van der Waals surface area contributed by atoms with Gasteiger partial charge in [-0.05, 0) is 67.9 Å². The lowest BCUT2D eigenvalue weighted by molar-refractivity contribution is -0.161. The SMILES string of the molecule is C=CCCC(=O)NC[C@H](OC(=O)[C@@H]1[C@@H]2CC[C@]3(O2)[C@H](C(=O)N(CC=C)c2cc(C)ccc2C)N([C@@H](CO)Cc2ccccc2)C(=O)[C@@H]13)c1ccccc1. The lowest BCUT2D eigenvalue weighted by Crippen LogP contribution is -2.59. The molecule has 1 spiro atoms.